The Hall–Kier alpha value is -2.31. The van der Waals surface area contributed by atoms with Crippen LogP contribution in [0.3, 0.4) is 0 Å². The number of ether oxygens (including phenoxy) is 1. The molecule has 1 saturated heterocycles. The first-order valence-corrected chi connectivity index (χ1v) is 10.4. The molecule has 0 N–H and O–H groups in total. The zero-order valence-corrected chi connectivity index (χ0v) is 19.1. The Labute approximate surface area is 180 Å². The van der Waals surface area contributed by atoms with Gasteiger partial charge in [-0.05, 0) is 71.6 Å². The Bertz CT molecular complexity index is 856. The molecular weight excluding hydrogens is 377 g/mol. The molecule has 1 aliphatic heterocycles. The van der Waals surface area contributed by atoms with E-state index in [2.05, 4.69) is 0 Å². The van der Waals surface area contributed by atoms with Crippen molar-refractivity contribution in [2.75, 3.05) is 4.90 Å². The second-order valence-corrected chi connectivity index (χ2v) is 9.73. The van der Waals surface area contributed by atoms with Crippen LogP contribution < -0.4 is 10.4 Å². The molecule has 0 aromatic heterocycles. The quantitative estimate of drug-likeness (QED) is 0.672. The molecular formula is C24H32BNO4. The molecule has 1 amide bonds. The fourth-order valence-corrected chi connectivity index (χ4v) is 3.13. The van der Waals surface area contributed by atoms with Crippen LogP contribution in [0.2, 0.25) is 0 Å². The van der Waals surface area contributed by atoms with Crippen LogP contribution in [0, 0.1) is 0 Å². The number of carbonyl (C=O) groups excluding carboxylic acids is 1. The van der Waals surface area contributed by atoms with Crippen molar-refractivity contribution in [1.82, 2.24) is 0 Å². The van der Waals surface area contributed by atoms with Gasteiger partial charge in [-0.25, -0.2) is 4.79 Å². The van der Waals surface area contributed by atoms with Crippen LogP contribution >= 0.6 is 0 Å². The van der Waals surface area contributed by atoms with Gasteiger partial charge in [-0.2, -0.15) is 0 Å². The van der Waals surface area contributed by atoms with Crippen molar-refractivity contribution in [3.8, 4) is 0 Å². The van der Waals surface area contributed by atoms with Crippen LogP contribution in [0.4, 0.5) is 10.5 Å². The number of amides is 1. The predicted octanol–water partition coefficient (Wildman–Crippen LogP) is 4.93. The second-order valence-electron chi connectivity index (χ2n) is 9.73. The van der Waals surface area contributed by atoms with Gasteiger partial charge >= 0.3 is 13.2 Å². The summed E-state index contributed by atoms with van der Waals surface area (Å²) in [4.78, 5) is 14.6. The van der Waals surface area contributed by atoms with E-state index in [1.807, 2.05) is 103 Å². The molecule has 1 fully saturated rings. The number of hydrogen-bond donors (Lipinski definition) is 0. The van der Waals surface area contributed by atoms with Crippen LogP contribution in [0.5, 0.6) is 0 Å². The molecule has 0 unspecified atom stereocenters. The van der Waals surface area contributed by atoms with Gasteiger partial charge in [0.05, 0.1) is 17.7 Å². The van der Waals surface area contributed by atoms with E-state index in [0.29, 0.717) is 6.54 Å². The minimum atomic E-state index is -0.575. The number of hydrogen-bond acceptors (Lipinski definition) is 4. The monoisotopic (exact) mass is 409 g/mol. The molecule has 1 aliphatic rings. The molecule has 30 heavy (non-hydrogen) atoms. The van der Waals surface area contributed by atoms with Crippen molar-refractivity contribution in [3.63, 3.8) is 0 Å². The molecule has 0 atom stereocenters. The number of carbonyl (C=O) groups is 1. The van der Waals surface area contributed by atoms with Gasteiger partial charge in [0.15, 0.2) is 0 Å². The highest BCUT2D eigenvalue weighted by molar-refractivity contribution is 6.62. The van der Waals surface area contributed by atoms with Crippen molar-refractivity contribution in [3.05, 3.63) is 60.2 Å². The standard InChI is InChI=1S/C24H32BNO4/c1-22(2,3)28-21(27)26(17-18-11-9-8-10-12-18)20-15-13-19(14-16-20)25-29-23(4,5)24(6,7)30-25/h8-16H,17H2,1-7H3. The molecule has 0 bridgehead atoms. The Balaban J connectivity index is 1.84. The van der Waals surface area contributed by atoms with E-state index in [1.165, 1.54) is 0 Å². The lowest BCUT2D eigenvalue weighted by Crippen LogP contribution is -2.41. The molecule has 3 rings (SSSR count). The van der Waals surface area contributed by atoms with E-state index in [1.54, 1.807) is 4.90 Å². The lowest BCUT2D eigenvalue weighted by Gasteiger charge is -2.32. The summed E-state index contributed by atoms with van der Waals surface area (Å²) in [6, 6.07) is 17.6. The smallest absolute Gasteiger partial charge is 0.443 e. The molecule has 0 radical (unpaired) electrons. The average molecular weight is 409 g/mol. The van der Waals surface area contributed by atoms with E-state index in [4.69, 9.17) is 14.0 Å². The lowest BCUT2D eigenvalue weighted by molar-refractivity contribution is 0.00578. The van der Waals surface area contributed by atoms with Gasteiger partial charge in [0.1, 0.15) is 5.60 Å². The van der Waals surface area contributed by atoms with Crippen LogP contribution in [0.25, 0.3) is 0 Å². The number of nitrogens with zero attached hydrogens (tertiary/aromatic N) is 1. The maximum atomic E-state index is 12.9. The number of benzene rings is 2. The van der Waals surface area contributed by atoms with Crippen molar-refractivity contribution in [2.24, 2.45) is 0 Å². The summed E-state index contributed by atoms with van der Waals surface area (Å²) in [5, 5.41) is 0. The first-order valence-electron chi connectivity index (χ1n) is 10.4. The molecule has 2 aromatic rings. The Morgan fingerprint density at radius 3 is 1.97 bits per heavy atom. The van der Waals surface area contributed by atoms with Crippen molar-refractivity contribution >= 4 is 24.4 Å². The van der Waals surface area contributed by atoms with Gasteiger partial charge < -0.3 is 14.0 Å². The molecule has 1 heterocycles. The second kappa shape index (κ2) is 8.08. The summed E-state index contributed by atoms with van der Waals surface area (Å²) in [5.74, 6) is 0. The summed E-state index contributed by atoms with van der Waals surface area (Å²) in [7, 11) is -0.437. The fourth-order valence-electron chi connectivity index (χ4n) is 3.13. The predicted molar refractivity (Wildman–Crippen MR) is 121 cm³/mol. The molecule has 0 saturated carbocycles. The minimum Gasteiger partial charge on any atom is -0.443 e. The summed E-state index contributed by atoms with van der Waals surface area (Å²) in [5.41, 5.74) is 1.33. The SMILES string of the molecule is CC(C)(C)OC(=O)N(Cc1ccccc1)c1ccc(B2OC(C)(C)C(C)(C)O2)cc1. The van der Waals surface area contributed by atoms with E-state index in [-0.39, 0.29) is 6.09 Å². The Kier molecular flexibility index (Phi) is 6.03. The van der Waals surface area contributed by atoms with E-state index in [0.717, 1.165) is 16.7 Å². The third-order valence-electron chi connectivity index (χ3n) is 5.53. The normalized spacial score (nSPS) is 17.6. The highest BCUT2D eigenvalue weighted by Gasteiger charge is 2.51. The summed E-state index contributed by atoms with van der Waals surface area (Å²) in [6.45, 7) is 14.2. The van der Waals surface area contributed by atoms with Crippen molar-refractivity contribution in [1.29, 1.82) is 0 Å². The van der Waals surface area contributed by atoms with Crippen molar-refractivity contribution < 1.29 is 18.8 Å². The largest absolute Gasteiger partial charge is 0.494 e. The van der Waals surface area contributed by atoms with Crippen LogP contribution in [0.15, 0.2) is 54.6 Å². The van der Waals surface area contributed by atoms with E-state index >= 15 is 0 Å². The molecule has 5 nitrogen and oxygen atoms in total. The highest BCUT2D eigenvalue weighted by atomic mass is 16.7. The average Bonchev–Trinajstić information content (AvgIpc) is 2.87. The molecule has 160 valence electrons. The zero-order valence-electron chi connectivity index (χ0n) is 19.1. The van der Waals surface area contributed by atoms with Gasteiger partial charge in [0, 0.05) is 5.69 Å². The topological polar surface area (TPSA) is 48.0 Å². The lowest BCUT2D eigenvalue weighted by atomic mass is 9.79. The maximum Gasteiger partial charge on any atom is 0.494 e. The third-order valence-corrected chi connectivity index (χ3v) is 5.53. The van der Waals surface area contributed by atoms with E-state index in [9.17, 15) is 4.79 Å². The number of rotatable bonds is 4. The third kappa shape index (κ3) is 5.05. The van der Waals surface area contributed by atoms with Crippen LogP contribution in [0.1, 0.15) is 54.0 Å². The first kappa shape index (κ1) is 22.4. The van der Waals surface area contributed by atoms with Gasteiger partial charge in [-0.15, -0.1) is 0 Å². The van der Waals surface area contributed by atoms with Gasteiger partial charge in [0.2, 0.25) is 0 Å². The van der Waals surface area contributed by atoms with Gasteiger partial charge in [-0.3, -0.25) is 4.90 Å². The van der Waals surface area contributed by atoms with Gasteiger partial charge in [0.25, 0.3) is 0 Å². The summed E-state index contributed by atoms with van der Waals surface area (Å²) >= 11 is 0. The van der Waals surface area contributed by atoms with E-state index < -0.39 is 23.9 Å². The molecule has 2 aromatic carbocycles. The Morgan fingerprint density at radius 1 is 0.933 bits per heavy atom. The number of anilines is 1. The molecule has 6 heteroatoms. The minimum absolute atomic E-state index is 0.380. The van der Waals surface area contributed by atoms with Crippen molar-refractivity contribution in [2.45, 2.75) is 71.8 Å². The highest BCUT2D eigenvalue weighted by Crippen LogP contribution is 2.36. The van der Waals surface area contributed by atoms with Gasteiger partial charge in [-0.1, -0.05) is 42.5 Å². The van der Waals surface area contributed by atoms with Crippen LogP contribution in [-0.2, 0) is 20.6 Å². The van der Waals surface area contributed by atoms with Crippen LogP contribution in [-0.4, -0.2) is 30.0 Å². The zero-order chi connectivity index (χ0) is 22.2. The fraction of sp³-hybridized carbons (Fsp3) is 0.458. The summed E-state index contributed by atoms with van der Waals surface area (Å²) < 4.78 is 17.9. The molecule has 0 spiro atoms. The first-order chi connectivity index (χ1) is 13.9. The maximum absolute atomic E-state index is 12.9. The molecule has 0 aliphatic carbocycles. The summed E-state index contributed by atoms with van der Waals surface area (Å²) in [6.07, 6.45) is -0.380. The Morgan fingerprint density at radius 2 is 1.47 bits per heavy atom.